The number of nitrogens with one attached hydrogen (secondary N) is 3. The molecule has 8 nitrogen and oxygen atoms in total. The van der Waals surface area contributed by atoms with Crippen LogP contribution in [-0.2, 0) is 26.1 Å². The Morgan fingerprint density at radius 2 is 1.50 bits per heavy atom. The van der Waals surface area contributed by atoms with Crippen molar-refractivity contribution in [2.24, 2.45) is 0 Å². The Morgan fingerprint density at radius 3 is 2.09 bits per heavy atom. The third-order valence-electron chi connectivity index (χ3n) is 4.89. The van der Waals surface area contributed by atoms with Crippen LogP contribution in [0.2, 0.25) is 0 Å². The van der Waals surface area contributed by atoms with Gasteiger partial charge in [-0.2, -0.15) is 4.72 Å². The van der Waals surface area contributed by atoms with Gasteiger partial charge < -0.3 is 15.4 Å². The van der Waals surface area contributed by atoms with Crippen molar-refractivity contribution in [2.45, 2.75) is 50.6 Å². The van der Waals surface area contributed by atoms with Crippen molar-refractivity contribution in [2.75, 3.05) is 13.7 Å². The average molecular weight is 462 g/mol. The standard InChI is InChI=1S/C23H31N3O5S/c1-17-7-11-19(12-8-17)16-25-23(28)24-15-5-4-6-21(22(27)31-3)26-32(29,30)20-13-9-18(2)10-14-20/h7-14,21,26H,4-6,15-16H2,1-3H3,(H2,24,25,28). The Hall–Kier alpha value is -2.91. The number of ether oxygens (including phenoxy) is 1. The molecule has 174 valence electrons. The zero-order valence-electron chi connectivity index (χ0n) is 18.7. The van der Waals surface area contributed by atoms with E-state index in [-0.39, 0.29) is 17.3 Å². The van der Waals surface area contributed by atoms with E-state index in [1.165, 1.54) is 19.2 Å². The van der Waals surface area contributed by atoms with Crippen LogP contribution in [0.25, 0.3) is 0 Å². The molecule has 0 spiro atoms. The minimum Gasteiger partial charge on any atom is -0.468 e. The van der Waals surface area contributed by atoms with E-state index in [9.17, 15) is 18.0 Å². The summed E-state index contributed by atoms with van der Waals surface area (Å²) in [5, 5.41) is 5.54. The molecule has 0 aliphatic rings. The van der Waals surface area contributed by atoms with Crippen LogP contribution in [0.1, 0.15) is 36.0 Å². The molecule has 2 rings (SSSR count). The number of sulfonamides is 1. The van der Waals surface area contributed by atoms with Gasteiger partial charge in [-0.1, -0.05) is 47.5 Å². The van der Waals surface area contributed by atoms with E-state index < -0.39 is 22.0 Å². The van der Waals surface area contributed by atoms with Gasteiger partial charge >= 0.3 is 12.0 Å². The number of benzene rings is 2. The fourth-order valence-electron chi connectivity index (χ4n) is 2.97. The van der Waals surface area contributed by atoms with Crippen LogP contribution in [-0.4, -0.2) is 40.1 Å². The molecule has 1 atom stereocenters. The summed E-state index contributed by atoms with van der Waals surface area (Å²) in [7, 11) is -2.64. The maximum atomic E-state index is 12.6. The van der Waals surface area contributed by atoms with E-state index in [1.807, 2.05) is 38.1 Å². The number of methoxy groups -OCH3 is 1. The number of unbranched alkanes of at least 4 members (excludes halogenated alkanes) is 1. The molecule has 0 aromatic heterocycles. The summed E-state index contributed by atoms with van der Waals surface area (Å²) in [6.45, 7) is 4.69. The van der Waals surface area contributed by atoms with Crippen LogP contribution in [0.3, 0.4) is 0 Å². The van der Waals surface area contributed by atoms with Gasteiger partial charge in [0.2, 0.25) is 10.0 Å². The number of carbonyl (C=O) groups excluding carboxylic acids is 2. The lowest BCUT2D eigenvalue weighted by Crippen LogP contribution is -2.41. The Kier molecular flexibility index (Phi) is 9.67. The molecule has 0 fully saturated rings. The molecule has 3 N–H and O–H groups in total. The predicted molar refractivity (Wildman–Crippen MR) is 123 cm³/mol. The van der Waals surface area contributed by atoms with Crippen LogP contribution >= 0.6 is 0 Å². The van der Waals surface area contributed by atoms with Gasteiger partial charge in [-0.25, -0.2) is 13.2 Å². The lowest BCUT2D eigenvalue weighted by atomic mass is 10.1. The second-order valence-corrected chi connectivity index (χ2v) is 9.31. The van der Waals surface area contributed by atoms with E-state index >= 15 is 0 Å². The van der Waals surface area contributed by atoms with E-state index in [4.69, 9.17) is 4.74 Å². The zero-order chi connectivity index (χ0) is 23.6. The first kappa shape index (κ1) is 25.4. The van der Waals surface area contributed by atoms with Crippen LogP contribution in [0.5, 0.6) is 0 Å². The van der Waals surface area contributed by atoms with Gasteiger partial charge in [-0.15, -0.1) is 0 Å². The molecule has 1 unspecified atom stereocenters. The Morgan fingerprint density at radius 1 is 0.906 bits per heavy atom. The summed E-state index contributed by atoms with van der Waals surface area (Å²) < 4.78 is 32.3. The van der Waals surface area contributed by atoms with Gasteiger partial charge in [0.25, 0.3) is 0 Å². The van der Waals surface area contributed by atoms with Crippen molar-refractivity contribution in [3.63, 3.8) is 0 Å². The normalized spacial score (nSPS) is 12.1. The third-order valence-corrected chi connectivity index (χ3v) is 6.38. The lowest BCUT2D eigenvalue weighted by Gasteiger charge is -2.17. The minimum atomic E-state index is -3.85. The van der Waals surface area contributed by atoms with Crippen molar-refractivity contribution in [1.29, 1.82) is 0 Å². The van der Waals surface area contributed by atoms with E-state index in [1.54, 1.807) is 12.1 Å². The van der Waals surface area contributed by atoms with Crippen LogP contribution < -0.4 is 15.4 Å². The first-order valence-corrected chi connectivity index (χ1v) is 11.9. The van der Waals surface area contributed by atoms with Crippen molar-refractivity contribution in [3.8, 4) is 0 Å². The van der Waals surface area contributed by atoms with Gasteiger partial charge in [-0.3, -0.25) is 4.79 Å². The van der Waals surface area contributed by atoms with E-state index in [2.05, 4.69) is 15.4 Å². The quantitative estimate of drug-likeness (QED) is 0.352. The highest BCUT2D eigenvalue weighted by atomic mass is 32.2. The summed E-state index contributed by atoms with van der Waals surface area (Å²) in [6.07, 6.45) is 1.36. The predicted octanol–water partition coefficient (Wildman–Crippen LogP) is 2.79. The van der Waals surface area contributed by atoms with Crippen molar-refractivity contribution in [3.05, 3.63) is 65.2 Å². The largest absolute Gasteiger partial charge is 0.468 e. The Balaban J connectivity index is 1.76. The molecule has 0 saturated carbocycles. The second-order valence-electron chi connectivity index (χ2n) is 7.60. The molecule has 0 saturated heterocycles. The molecular formula is C23H31N3O5S. The van der Waals surface area contributed by atoms with Gasteiger partial charge in [-0.05, 0) is 50.8 Å². The van der Waals surface area contributed by atoms with Crippen LogP contribution in [0.15, 0.2) is 53.4 Å². The molecule has 2 amide bonds. The van der Waals surface area contributed by atoms with Crippen molar-refractivity contribution < 1.29 is 22.7 Å². The smallest absolute Gasteiger partial charge is 0.323 e. The Bertz CT molecular complexity index is 989. The molecule has 0 aliphatic carbocycles. The molecule has 9 heteroatoms. The maximum Gasteiger partial charge on any atom is 0.323 e. The summed E-state index contributed by atoms with van der Waals surface area (Å²) in [5.41, 5.74) is 3.10. The highest BCUT2D eigenvalue weighted by molar-refractivity contribution is 7.89. The monoisotopic (exact) mass is 461 g/mol. The van der Waals surface area contributed by atoms with Crippen LogP contribution in [0.4, 0.5) is 4.79 Å². The zero-order valence-corrected chi connectivity index (χ0v) is 19.5. The molecular weight excluding hydrogens is 430 g/mol. The minimum absolute atomic E-state index is 0.0870. The maximum absolute atomic E-state index is 12.6. The first-order chi connectivity index (χ1) is 15.2. The number of hydrogen-bond donors (Lipinski definition) is 3. The highest BCUT2D eigenvalue weighted by Crippen LogP contribution is 2.13. The number of rotatable bonds is 11. The summed E-state index contributed by atoms with van der Waals surface area (Å²) >= 11 is 0. The van der Waals surface area contributed by atoms with Crippen molar-refractivity contribution in [1.82, 2.24) is 15.4 Å². The van der Waals surface area contributed by atoms with Crippen LogP contribution in [0, 0.1) is 13.8 Å². The topological polar surface area (TPSA) is 114 Å². The lowest BCUT2D eigenvalue weighted by molar-refractivity contribution is -0.142. The fraction of sp³-hybridized carbons (Fsp3) is 0.391. The second kappa shape index (κ2) is 12.2. The van der Waals surface area contributed by atoms with Gasteiger partial charge in [0, 0.05) is 13.1 Å². The molecule has 0 radical (unpaired) electrons. The summed E-state index contributed by atoms with van der Waals surface area (Å²) in [4.78, 5) is 24.1. The van der Waals surface area contributed by atoms with E-state index in [0.29, 0.717) is 25.9 Å². The SMILES string of the molecule is COC(=O)C(CCCCNC(=O)NCc1ccc(C)cc1)NS(=O)(=O)c1ccc(C)cc1. The number of hydrogen-bond acceptors (Lipinski definition) is 5. The number of amides is 2. The summed E-state index contributed by atoms with van der Waals surface area (Å²) in [6, 6.07) is 13.0. The average Bonchev–Trinajstić information content (AvgIpc) is 2.77. The molecule has 0 bridgehead atoms. The molecule has 2 aromatic rings. The van der Waals surface area contributed by atoms with Gasteiger partial charge in [0.1, 0.15) is 6.04 Å². The van der Waals surface area contributed by atoms with Crippen molar-refractivity contribution >= 4 is 22.0 Å². The molecule has 0 heterocycles. The third kappa shape index (κ3) is 8.32. The molecule has 32 heavy (non-hydrogen) atoms. The fourth-order valence-corrected chi connectivity index (χ4v) is 4.19. The number of esters is 1. The summed E-state index contributed by atoms with van der Waals surface area (Å²) in [5.74, 6) is -0.649. The molecule has 2 aromatic carbocycles. The number of aryl methyl sites for hydroxylation is 2. The van der Waals surface area contributed by atoms with E-state index in [0.717, 1.165) is 16.7 Å². The van der Waals surface area contributed by atoms with Gasteiger partial charge in [0.05, 0.1) is 12.0 Å². The molecule has 0 aliphatic heterocycles. The highest BCUT2D eigenvalue weighted by Gasteiger charge is 2.26. The van der Waals surface area contributed by atoms with Gasteiger partial charge in [0.15, 0.2) is 0 Å². The number of carbonyl (C=O) groups is 2. The first-order valence-electron chi connectivity index (χ1n) is 10.5. The number of urea groups is 1. The Labute approximate surface area is 189 Å².